The van der Waals surface area contributed by atoms with E-state index < -0.39 is 0 Å². The summed E-state index contributed by atoms with van der Waals surface area (Å²) in [5, 5.41) is 7.54. The van der Waals surface area contributed by atoms with Gasteiger partial charge in [-0.05, 0) is 42.9 Å². The van der Waals surface area contributed by atoms with Crippen molar-refractivity contribution in [2.45, 2.75) is 13.1 Å². The van der Waals surface area contributed by atoms with Gasteiger partial charge in [0, 0.05) is 36.6 Å². The Morgan fingerprint density at radius 2 is 1.95 bits per heavy atom. The average molecular weight is 284 g/mol. The van der Waals surface area contributed by atoms with Crippen molar-refractivity contribution in [2.24, 2.45) is 5.73 Å². The molecule has 0 saturated heterocycles. The number of pyridine rings is 1. The van der Waals surface area contributed by atoms with Crippen LogP contribution in [0.15, 0.2) is 42.7 Å². The molecular formula is C16H20N4O. The third-order valence-corrected chi connectivity index (χ3v) is 3.23. The van der Waals surface area contributed by atoms with E-state index in [-0.39, 0.29) is 5.84 Å². The number of hydrogen-bond donors (Lipinski definition) is 2. The number of aromatic nitrogens is 1. The summed E-state index contributed by atoms with van der Waals surface area (Å²) < 4.78 is 5.38. The number of amidine groups is 1. The summed E-state index contributed by atoms with van der Waals surface area (Å²) in [5.41, 5.74) is 8.48. The highest BCUT2D eigenvalue weighted by Gasteiger charge is 2.09. The molecule has 3 N–H and O–H groups in total. The van der Waals surface area contributed by atoms with Gasteiger partial charge < -0.3 is 10.5 Å². The first-order valence-corrected chi connectivity index (χ1v) is 6.69. The number of hydrogen-bond acceptors (Lipinski definition) is 4. The maximum Gasteiger partial charge on any atom is 0.123 e. The van der Waals surface area contributed by atoms with Crippen molar-refractivity contribution in [3.05, 3.63) is 59.4 Å². The van der Waals surface area contributed by atoms with Gasteiger partial charge >= 0.3 is 0 Å². The Kier molecular flexibility index (Phi) is 4.90. The van der Waals surface area contributed by atoms with Gasteiger partial charge in [0.25, 0.3) is 0 Å². The molecule has 0 saturated carbocycles. The van der Waals surface area contributed by atoms with Crippen LogP contribution in [-0.2, 0) is 13.1 Å². The fourth-order valence-electron chi connectivity index (χ4n) is 2.22. The topological polar surface area (TPSA) is 75.2 Å². The Morgan fingerprint density at radius 1 is 1.24 bits per heavy atom. The van der Waals surface area contributed by atoms with E-state index in [1.165, 1.54) is 5.56 Å². The van der Waals surface area contributed by atoms with Crippen molar-refractivity contribution in [3.63, 3.8) is 0 Å². The van der Waals surface area contributed by atoms with Crippen LogP contribution in [0.3, 0.4) is 0 Å². The number of nitrogens with zero attached hydrogens (tertiary/aromatic N) is 2. The van der Waals surface area contributed by atoms with Crippen molar-refractivity contribution >= 4 is 5.84 Å². The number of nitrogen functional groups attached to an aromatic ring is 1. The second-order valence-corrected chi connectivity index (χ2v) is 4.97. The van der Waals surface area contributed by atoms with Crippen molar-refractivity contribution in [3.8, 4) is 5.75 Å². The van der Waals surface area contributed by atoms with E-state index in [4.69, 9.17) is 15.9 Å². The van der Waals surface area contributed by atoms with Gasteiger partial charge in [0.2, 0.25) is 0 Å². The lowest BCUT2D eigenvalue weighted by Gasteiger charge is -2.19. The lowest BCUT2D eigenvalue weighted by molar-refractivity contribution is 0.310. The van der Waals surface area contributed by atoms with Gasteiger partial charge in [-0.1, -0.05) is 0 Å². The van der Waals surface area contributed by atoms with E-state index in [0.29, 0.717) is 12.1 Å². The molecule has 5 nitrogen and oxygen atoms in total. The lowest BCUT2D eigenvalue weighted by Crippen LogP contribution is -2.18. The monoisotopic (exact) mass is 284 g/mol. The Hall–Kier alpha value is -2.40. The van der Waals surface area contributed by atoms with E-state index in [1.807, 2.05) is 31.3 Å². The predicted octanol–water partition coefficient (Wildman–Crippen LogP) is 2.01. The molecule has 2 rings (SSSR count). The summed E-state index contributed by atoms with van der Waals surface area (Å²) in [6.45, 7) is 1.53. The molecule has 1 aromatic carbocycles. The van der Waals surface area contributed by atoms with Crippen LogP contribution in [0.25, 0.3) is 0 Å². The molecule has 0 aliphatic heterocycles. The van der Waals surface area contributed by atoms with Crippen LogP contribution in [-0.4, -0.2) is 29.9 Å². The minimum absolute atomic E-state index is 0.0655. The average Bonchev–Trinajstić information content (AvgIpc) is 2.48. The normalized spacial score (nSPS) is 10.6. The van der Waals surface area contributed by atoms with E-state index in [2.05, 4.69) is 9.88 Å². The minimum atomic E-state index is 0.0655. The fraction of sp³-hybridized carbons (Fsp3) is 0.250. The number of nitrogens with one attached hydrogen (secondary N) is 1. The van der Waals surface area contributed by atoms with Gasteiger partial charge in [0.1, 0.15) is 11.6 Å². The summed E-state index contributed by atoms with van der Waals surface area (Å²) in [6.07, 6.45) is 3.58. The van der Waals surface area contributed by atoms with Crippen LogP contribution in [0.5, 0.6) is 5.75 Å². The minimum Gasteiger partial charge on any atom is -0.496 e. The Morgan fingerprint density at radius 3 is 2.57 bits per heavy atom. The molecular weight excluding hydrogens is 264 g/mol. The molecule has 0 atom stereocenters. The first-order chi connectivity index (χ1) is 10.1. The van der Waals surface area contributed by atoms with Crippen LogP contribution >= 0.6 is 0 Å². The second kappa shape index (κ2) is 6.85. The molecule has 2 aromatic rings. The van der Waals surface area contributed by atoms with Gasteiger partial charge in [-0.2, -0.15) is 0 Å². The Balaban J connectivity index is 2.13. The molecule has 0 aliphatic rings. The third kappa shape index (κ3) is 4.03. The molecule has 0 radical (unpaired) electrons. The zero-order chi connectivity index (χ0) is 15.2. The van der Waals surface area contributed by atoms with E-state index in [9.17, 15) is 0 Å². The molecule has 1 heterocycles. The highest BCUT2D eigenvalue weighted by atomic mass is 16.5. The lowest BCUT2D eigenvalue weighted by atomic mass is 10.1. The van der Waals surface area contributed by atoms with Gasteiger partial charge in [0.15, 0.2) is 0 Å². The number of methoxy groups -OCH3 is 1. The molecule has 0 fully saturated rings. The highest BCUT2D eigenvalue weighted by Crippen LogP contribution is 2.21. The maximum atomic E-state index is 7.54. The molecule has 21 heavy (non-hydrogen) atoms. The quantitative estimate of drug-likeness (QED) is 0.628. The van der Waals surface area contributed by atoms with E-state index in [1.54, 1.807) is 25.6 Å². The van der Waals surface area contributed by atoms with Crippen LogP contribution < -0.4 is 10.5 Å². The fourth-order valence-corrected chi connectivity index (χ4v) is 2.22. The van der Waals surface area contributed by atoms with E-state index >= 15 is 0 Å². The summed E-state index contributed by atoms with van der Waals surface area (Å²) in [5.74, 6) is 0.872. The zero-order valence-electron chi connectivity index (χ0n) is 12.3. The van der Waals surface area contributed by atoms with Crippen molar-refractivity contribution in [1.82, 2.24) is 9.88 Å². The zero-order valence-corrected chi connectivity index (χ0v) is 12.3. The molecule has 110 valence electrons. The summed E-state index contributed by atoms with van der Waals surface area (Å²) in [6, 6.07) is 9.56. The van der Waals surface area contributed by atoms with Crippen LogP contribution in [0.2, 0.25) is 0 Å². The Bertz CT molecular complexity index is 613. The van der Waals surface area contributed by atoms with Crippen LogP contribution in [0.4, 0.5) is 0 Å². The van der Waals surface area contributed by atoms with Crippen molar-refractivity contribution in [1.29, 1.82) is 5.41 Å². The SMILES string of the molecule is COc1ccc(C(=N)N)cc1CN(C)Cc1ccncc1. The number of nitrogens with two attached hydrogens (primary N) is 1. The predicted molar refractivity (Wildman–Crippen MR) is 83.4 cm³/mol. The maximum absolute atomic E-state index is 7.54. The first-order valence-electron chi connectivity index (χ1n) is 6.69. The van der Waals surface area contributed by atoms with Gasteiger partial charge in [-0.15, -0.1) is 0 Å². The molecule has 1 aromatic heterocycles. The van der Waals surface area contributed by atoms with E-state index in [0.717, 1.165) is 17.9 Å². The number of ether oxygens (including phenoxy) is 1. The number of rotatable bonds is 6. The van der Waals surface area contributed by atoms with Crippen molar-refractivity contribution < 1.29 is 4.74 Å². The molecule has 0 amide bonds. The molecule has 0 unspecified atom stereocenters. The van der Waals surface area contributed by atoms with Crippen LogP contribution in [0, 0.1) is 5.41 Å². The standard InChI is InChI=1S/C16H20N4O/c1-20(10-12-5-7-19-8-6-12)11-14-9-13(16(17)18)3-4-15(14)21-2/h3-9H,10-11H2,1-2H3,(H3,17,18). The van der Waals surface area contributed by atoms with Gasteiger partial charge in [-0.3, -0.25) is 15.3 Å². The third-order valence-electron chi connectivity index (χ3n) is 3.23. The summed E-state index contributed by atoms with van der Waals surface area (Å²) in [7, 11) is 3.69. The summed E-state index contributed by atoms with van der Waals surface area (Å²) >= 11 is 0. The molecule has 5 heteroatoms. The number of benzene rings is 1. The molecule has 0 bridgehead atoms. The Labute approximate surface area is 124 Å². The first kappa shape index (κ1) is 15.0. The van der Waals surface area contributed by atoms with Crippen LogP contribution in [0.1, 0.15) is 16.7 Å². The summed E-state index contributed by atoms with van der Waals surface area (Å²) in [4.78, 5) is 6.20. The highest BCUT2D eigenvalue weighted by molar-refractivity contribution is 5.95. The smallest absolute Gasteiger partial charge is 0.123 e. The van der Waals surface area contributed by atoms with Gasteiger partial charge in [0.05, 0.1) is 7.11 Å². The van der Waals surface area contributed by atoms with Crippen molar-refractivity contribution in [2.75, 3.05) is 14.2 Å². The second-order valence-electron chi connectivity index (χ2n) is 4.97. The van der Waals surface area contributed by atoms with Gasteiger partial charge in [-0.25, -0.2) is 0 Å². The largest absolute Gasteiger partial charge is 0.496 e. The molecule has 0 aliphatic carbocycles. The molecule has 0 spiro atoms.